The Kier molecular flexibility index (Phi) is 6.89. The zero-order valence-electron chi connectivity index (χ0n) is 11.1. The zero-order valence-corrected chi connectivity index (χ0v) is 14.2. The van der Waals surface area contributed by atoms with Crippen LogP contribution in [0.1, 0.15) is 19.8 Å². The number of benzene rings is 1. The fourth-order valence-electron chi connectivity index (χ4n) is 2.00. The van der Waals surface area contributed by atoms with Gasteiger partial charge in [-0.15, -0.1) is 5.46 Å². The first kappa shape index (κ1) is 17.5. The molecule has 0 N–H and O–H groups in total. The third kappa shape index (κ3) is 5.40. The van der Waals surface area contributed by atoms with Gasteiger partial charge in [0.2, 0.25) is 0 Å². The molecule has 0 spiro atoms. The van der Waals surface area contributed by atoms with E-state index in [2.05, 4.69) is 0 Å². The van der Waals surface area contributed by atoms with E-state index in [0.717, 1.165) is 25.0 Å². The summed E-state index contributed by atoms with van der Waals surface area (Å²) in [5.41, 5.74) is -0.631. The zero-order chi connectivity index (χ0) is 13.2. The topological polar surface area (TPSA) is 18.5 Å². The first-order chi connectivity index (χ1) is 8.45. The molecule has 2 rings (SSSR count). The van der Waals surface area contributed by atoms with Crippen molar-refractivity contribution >= 4 is 12.4 Å². The van der Waals surface area contributed by atoms with E-state index in [1.165, 1.54) is 12.1 Å². The fourth-order valence-corrected chi connectivity index (χ4v) is 2.00. The first-order valence-electron chi connectivity index (χ1n) is 6.03. The third-order valence-corrected chi connectivity index (χ3v) is 2.99. The van der Waals surface area contributed by atoms with Crippen molar-refractivity contribution in [2.75, 3.05) is 6.61 Å². The molecule has 0 radical (unpaired) electrons. The van der Waals surface area contributed by atoms with Crippen molar-refractivity contribution in [1.82, 2.24) is 0 Å². The molecule has 2 atom stereocenters. The molecule has 1 heterocycles. The minimum absolute atomic E-state index is 0. The Balaban J connectivity index is 0.00000180. The molecule has 100 valence electrons. The predicted molar refractivity (Wildman–Crippen MR) is 64.2 cm³/mol. The molecule has 1 aliphatic rings. The Morgan fingerprint density at radius 1 is 1.32 bits per heavy atom. The third-order valence-electron chi connectivity index (χ3n) is 2.99. The Morgan fingerprint density at radius 2 is 2.05 bits per heavy atom. The van der Waals surface area contributed by atoms with Gasteiger partial charge in [-0.2, -0.15) is 0 Å². The molecule has 19 heavy (non-hydrogen) atoms. The molecule has 0 bridgehead atoms. The summed E-state index contributed by atoms with van der Waals surface area (Å²) >= 11 is 0. The van der Waals surface area contributed by atoms with Gasteiger partial charge in [-0.25, -0.2) is 0 Å². The van der Waals surface area contributed by atoms with Gasteiger partial charge in [0.1, 0.15) is 12.4 Å². The Hall–Kier alpha value is 0.471. The number of rotatable bonds is 4. The maximum atomic E-state index is 12.5. The van der Waals surface area contributed by atoms with E-state index in [-0.39, 0.29) is 69.3 Å². The van der Waals surface area contributed by atoms with Crippen LogP contribution in [0.4, 0.5) is 12.9 Å². The smallest absolute Gasteiger partial charge is 0.491 e. The largest absolute Gasteiger partial charge is 1.00 e. The van der Waals surface area contributed by atoms with Crippen LogP contribution in [0.3, 0.4) is 0 Å². The van der Waals surface area contributed by atoms with Crippen LogP contribution in [-0.4, -0.2) is 25.8 Å². The molecular formula is C12H15BF3KO2. The minimum Gasteiger partial charge on any atom is -0.491 e. The second-order valence-corrected chi connectivity index (χ2v) is 4.60. The van der Waals surface area contributed by atoms with Gasteiger partial charge in [0.05, 0.1) is 12.2 Å². The van der Waals surface area contributed by atoms with Crippen LogP contribution in [0.5, 0.6) is 5.75 Å². The van der Waals surface area contributed by atoms with Crippen LogP contribution in [-0.2, 0) is 4.74 Å². The average Bonchev–Trinajstić information content (AvgIpc) is 2.72. The van der Waals surface area contributed by atoms with Gasteiger partial charge in [0, 0.05) is 0 Å². The van der Waals surface area contributed by atoms with Crippen molar-refractivity contribution in [2.45, 2.75) is 32.0 Å². The van der Waals surface area contributed by atoms with Gasteiger partial charge in [-0.05, 0) is 31.9 Å². The van der Waals surface area contributed by atoms with Crippen LogP contribution >= 0.6 is 0 Å². The summed E-state index contributed by atoms with van der Waals surface area (Å²) in [4.78, 5) is 0. The van der Waals surface area contributed by atoms with Gasteiger partial charge < -0.3 is 22.4 Å². The van der Waals surface area contributed by atoms with E-state index in [4.69, 9.17) is 9.47 Å². The summed E-state index contributed by atoms with van der Waals surface area (Å²) in [6.45, 7) is -2.69. The van der Waals surface area contributed by atoms with Crippen LogP contribution < -0.4 is 61.6 Å². The molecule has 1 aliphatic heterocycles. The van der Waals surface area contributed by atoms with E-state index in [0.29, 0.717) is 6.61 Å². The summed E-state index contributed by atoms with van der Waals surface area (Å²) in [5, 5.41) is 0. The van der Waals surface area contributed by atoms with Gasteiger partial charge in [-0.1, -0.05) is 12.1 Å². The number of halogens is 3. The SMILES string of the molecule is CC1CCC(COc2cccc([B-](F)(F)F)c2)O1.[K+]. The molecule has 1 aromatic rings. The van der Waals surface area contributed by atoms with E-state index >= 15 is 0 Å². The summed E-state index contributed by atoms with van der Waals surface area (Å²) in [6, 6.07) is 4.99. The standard InChI is InChI=1S/C12H15BF3O2.K/c1-9-5-6-12(18-9)8-17-11-4-2-3-10(7-11)13(14,15)16;/h2-4,7,9,12H,5-6,8H2,1H3;/q-1;+1. The molecule has 1 fully saturated rings. The molecular weight excluding hydrogens is 283 g/mol. The Morgan fingerprint density at radius 3 is 2.63 bits per heavy atom. The van der Waals surface area contributed by atoms with E-state index in [1.54, 1.807) is 0 Å². The average molecular weight is 298 g/mol. The number of hydrogen-bond acceptors (Lipinski definition) is 2. The van der Waals surface area contributed by atoms with Crippen molar-refractivity contribution in [2.24, 2.45) is 0 Å². The summed E-state index contributed by atoms with van der Waals surface area (Å²) in [6.07, 6.45) is 2.06. The maximum absolute atomic E-state index is 12.5. The second-order valence-electron chi connectivity index (χ2n) is 4.60. The second kappa shape index (κ2) is 7.47. The van der Waals surface area contributed by atoms with Gasteiger partial charge in [0.15, 0.2) is 0 Å². The van der Waals surface area contributed by atoms with Gasteiger partial charge in [-0.3, -0.25) is 0 Å². The van der Waals surface area contributed by atoms with Crippen molar-refractivity contribution in [3.05, 3.63) is 24.3 Å². The van der Waals surface area contributed by atoms with E-state index in [9.17, 15) is 12.9 Å². The van der Waals surface area contributed by atoms with Crippen LogP contribution in [0.15, 0.2) is 24.3 Å². The molecule has 2 nitrogen and oxygen atoms in total. The first-order valence-corrected chi connectivity index (χ1v) is 6.03. The number of ether oxygens (including phenoxy) is 2. The van der Waals surface area contributed by atoms with Gasteiger partial charge in [0.25, 0.3) is 0 Å². The van der Waals surface area contributed by atoms with E-state index in [1.807, 2.05) is 6.92 Å². The summed E-state index contributed by atoms with van der Waals surface area (Å²) in [7, 11) is 0. The van der Waals surface area contributed by atoms with Crippen molar-refractivity contribution < 1.29 is 73.8 Å². The Bertz CT molecular complexity index is 414. The molecule has 0 amide bonds. The van der Waals surface area contributed by atoms with Crippen LogP contribution in [0, 0.1) is 0 Å². The monoisotopic (exact) mass is 298 g/mol. The summed E-state index contributed by atoms with van der Waals surface area (Å²) < 4.78 is 48.5. The quantitative estimate of drug-likeness (QED) is 0.710. The molecule has 7 heteroatoms. The summed E-state index contributed by atoms with van der Waals surface area (Å²) in [5.74, 6) is 0.245. The minimum atomic E-state index is -4.97. The van der Waals surface area contributed by atoms with Gasteiger partial charge >= 0.3 is 58.4 Å². The van der Waals surface area contributed by atoms with Crippen molar-refractivity contribution in [3.8, 4) is 5.75 Å². The molecule has 0 saturated carbocycles. The predicted octanol–water partition coefficient (Wildman–Crippen LogP) is -0.309. The fraction of sp³-hybridized carbons (Fsp3) is 0.500. The molecule has 0 aliphatic carbocycles. The molecule has 0 aromatic heterocycles. The molecule has 2 unspecified atom stereocenters. The van der Waals surface area contributed by atoms with E-state index < -0.39 is 12.4 Å². The van der Waals surface area contributed by atoms with Crippen LogP contribution in [0.2, 0.25) is 0 Å². The van der Waals surface area contributed by atoms with Crippen molar-refractivity contribution in [3.63, 3.8) is 0 Å². The Labute approximate surface area is 153 Å². The maximum Gasteiger partial charge on any atom is 1.00 e. The van der Waals surface area contributed by atoms with Crippen LogP contribution in [0.25, 0.3) is 0 Å². The molecule has 1 saturated heterocycles. The normalized spacial score (nSPS) is 22.9. The number of hydrogen-bond donors (Lipinski definition) is 0. The van der Waals surface area contributed by atoms with Crippen molar-refractivity contribution in [1.29, 1.82) is 0 Å². The molecule has 1 aromatic carbocycles.